The van der Waals surface area contributed by atoms with E-state index < -0.39 is 11.5 Å². The number of pyridine rings is 2. The standard InChI is InChI=1S/C15H17NO4/c1-4-19-15(18)13-8-6-11-5-7-12(20-10(2)3)9-16(11)14(13)17/h5-10H,4H2,1-3H3. The molecule has 0 spiro atoms. The van der Waals surface area contributed by atoms with Crippen LogP contribution in [0.2, 0.25) is 0 Å². The third-order valence-electron chi connectivity index (χ3n) is 2.69. The number of carbonyl (C=O) groups is 1. The molecular weight excluding hydrogens is 258 g/mol. The van der Waals surface area contributed by atoms with E-state index in [1.807, 2.05) is 13.8 Å². The van der Waals surface area contributed by atoms with Gasteiger partial charge in [-0.1, -0.05) is 0 Å². The van der Waals surface area contributed by atoms with Crippen LogP contribution < -0.4 is 10.3 Å². The highest BCUT2D eigenvalue weighted by Crippen LogP contribution is 2.14. The average molecular weight is 275 g/mol. The monoisotopic (exact) mass is 275 g/mol. The number of hydrogen-bond donors (Lipinski definition) is 0. The van der Waals surface area contributed by atoms with Gasteiger partial charge in [0.25, 0.3) is 5.56 Å². The van der Waals surface area contributed by atoms with E-state index in [4.69, 9.17) is 9.47 Å². The summed E-state index contributed by atoms with van der Waals surface area (Å²) in [5.41, 5.74) is 0.306. The Morgan fingerprint density at radius 1 is 1.25 bits per heavy atom. The van der Waals surface area contributed by atoms with E-state index >= 15 is 0 Å². The average Bonchev–Trinajstić information content (AvgIpc) is 2.39. The first-order valence-electron chi connectivity index (χ1n) is 6.52. The third-order valence-corrected chi connectivity index (χ3v) is 2.69. The fraction of sp³-hybridized carbons (Fsp3) is 0.333. The van der Waals surface area contributed by atoms with Gasteiger partial charge in [0.05, 0.1) is 18.9 Å². The lowest BCUT2D eigenvalue weighted by molar-refractivity contribution is 0.0524. The van der Waals surface area contributed by atoms with Crippen molar-refractivity contribution in [2.45, 2.75) is 26.9 Å². The molecule has 0 aromatic carbocycles. The van der Waals surface area contributed by atoms with Gasteiger partial charge in [0.2, 0.25) is 0 Å². The van der Waals surface area contributed by atoms with E-state index in [1.54, 1.807) is 31.3 Å². The molecule has 0 saturated heterocycles. The Bertz CT molecular complexity index is 688. The van der Waals surface area contributed by atoms with Gasteiger partial charge in [0.15, 0.2) is 0 Å². The lowest BCUT2D eigenvalue weighted by atomic mass is 10.2. The number of nitrogens with zero attached hydrogens (tertiary/aromatic N) is 1. The Morgan fingerprint density at radius 3 is 2.60 bits per heavy atom. The van der Waals surface area contributed by atoms with E-state index in [1.165, 1.54) is 10.5 Å². The van der Waals surface area contributed by atoms with Gasteiger partial charge in [-0.25, -0.2) is 4.79 Å². The zero-order valence-electron chi connectivity index (χ0n) is 11.8. The highest BCUT2D eigenvalue weighted by atomic mass is 16.5. The van der Waals surface area contributed by atoms with Crippen LogP contribution >= 0.6 is 0 Å². The molecule has 0 saturated carbocycles. The van der Waals surface area contributed by atoms with Crippen molar-refractivity contribution in [3.63, 3.8) is 0 Å². The smallest absolute Gasteiger partial charge is 0.343 e. The van der Waals surface area contributed by atoms with Gasteiger partial charge in [0.1, 0.15) is 11.3 Å². The first-order valence-corrected chi connectivity index (χ1v) is 6.52. The highest BCUT2D eigenvalue weighted by Gasteiger charge is 2.13. The summed E-state index contributed by atoms with van der Waals surface area (Å²) >= 11 is 0. The summed E-state index contributed by atoms with van der Waals surface area (Å²) < 4.78 is 11.8. The van der Waals surface area contributed by atoms with E-state index in [0.717, 1.165) is 0 Å². The Kier molecular flexibility index (Phi) is 4.08. The number of ether oxygens (including phenoxy) is 2. The van der Waals surface area contributed by atoms with E-state index in [-0.39, 0.29) is 18.3 Å². The molecule has 0 N–H and O–H groups in total. The molecule has 5 heteroatoms. The van der Waals surface area contributed by atoms with Crippen molar-refractivity contribution in [2.24, 2.45) is 0 Å². The minimum Gasteiger partial charge on any atom is -0.489 e. The molecule has 2 heterocycles. The molecule has 2 aromatic rings. The molecule has 2 aromatic heterocycles. The van der Waals surface area contributed by atoms with Crippen LogP contribution in [-0.2, 0) is 4.74 Å². The number of esters is 1. The van der Waals surface area contributed by atoms with Gasteiger partial charge >= 0.3 is 5.97 Å². The number of hydrogen-bond acceptors (Lipinski definition) is 4. The molecule has 0 amide bonds. The predicted molar refractivity (Wildman–Crippen MR) is 75.4 cm³/mol. The van der Waals surface area contributed by atoms with Crippen molar-refractivity contribution in [1.82, 2.24) is 4.40 Å². The minimum atomic E-state index is -0.609. The van der Waals surface area contributed by atoms with Crippen molar-refractivity contribution in [2.75, 3.05) is 6.61 Å². The molecule has 0 aliphatic carbocycles. The number of fused-ring (bicyclic) bond motifs is 1. The largest absolute Gasteiger partial charge is 0.489 e. The van der Waals surface area contributed by atoms with Crippen LogP contribution in [0.5, 0.6) is 5.75 Å². The highest BCUT2D eigenvalue weighted by molar-refractivity contribution is 5.89. The predicted octanol–water partition coefficient (Wildman–Crippen LogP) is 2.26. The summed E-state index contributed by atoms with van der Waals surface area (Å²) in [4.78, 5) is 24.0. The molecule has 0 aliphatic rings. The Balaban J connectivity index is 2.52. The maximum absolute atomic E-state index is 12.3. The van der Waals surface area contributed by atoms with Crippen LogP contribution in [0.15, 0.2) is 35.3 Å². The quantitative estimate of drug-likeness (QED) is 0.803. The van der Waals surface area contributed by atoms with Crippen LogP contribution in [0.25, 0.3) is 5.52 Å². The summed E-state index contributed by atoms with van der Waals surface area (Å²) in [5.74, 6) is -0.0299. The molecule has 0 atom stereocenters. The molecule has 20 heavy (non-hydrogen) atoms. The van der Waals surface area contributed by atoms with Crippen LogP contribution in [0.1, 0.15) is 31.1 Å². The lowest BCUT2D eigenvalue weighted by Gasteiger charge is -2.11. The summed E-state index contributed by atoms with van der Waals surface area (Å²) in [6.07, 6.45) is 1.59. The SMILES string of the molecule is CCOC(=O)c1ccc2ccc(OC(C)C)cn2c1=O. The lowest BCUT2D eigenvalue weighted by Crippen LogP contribution is -2.23. The van der Waals surface area contributed by atoms with Crippen molar-refractivity contribution in [1.29, 1.82) is 0 Å². The molecule has 0 aliphatic heterocycles. The van der Waals surface area contributed by atoms with Gasteiger partial charge in [-0.2, -0.15) is 0 Å². The zero-order valence-corrected chi connectivity index (χ0v) is 11.8. The second-order valence-electron chi connectivity index (χ2n) is 4.60. The second kappa shape index (κ2) is 5.77. The fourth-order valence-electron chi connectivity index (χ4n) is 1.88. The van der Waals surface area contributed by atoms with Crippen molar-refractivity contribution >= 4 is 11.5 Å². The van der Waals surface area contributed by atoms with Gasteiger partial charge < -0.3 is 9.47 Å². The Hall–Kier alpha value is -2.30. The van der Waals surface area contributed by atoms with Gasteiger partial charge in [0, 0.05) is 5.52 Å². The molecule has 2 rings (SSSR count). The summed E-state index contributed by atoms with van der Waals surface area (Å²) in [7, 11) is 0. The van der Waals surface area contributed by atoms with Crippen molar-refractivity contribution in [3.8, 4) is 5.75 Å². The van der Waals surface area contributed by atoms with E-state index in [2.05, 4.69) is 0 Å². The number of rotatable bonds is 4. The molecule has 106 valence electrons. The first kappa shape index (κ1) is 14.1. The summed E-state index contributed by atoms with van der Waals surface area (Å²) in [6, 6.07) is 6.75. The van der Waals surface area contributed by atoms with Gasteiger partial charge in [-0.15, -0.1) is 0 Å². The maximum atomic E-state index is 12.3. The van der Waals surface area contributed by atoms with Crippen LogP contribution in [0.4, 0.5) is 0 Å². The molecule has 5 nitrogen and oxygen atoms in total. The number of carbonyl (C=O) groups excluding carboxylic acids is 1. The second-order valence-corrected chi connectivity index (χ2v) is 4.60. The molecule has 0 unspecified atom stereocenters. The molecule has 0 bridgehead atoms. The summed E-state index contributed by atoms with van der Waals surface area (Å²) in [5, 5.41) is 0. The van der Waals surface area contributed by atoms with Gasteiger partial charge in [-0.3, -0.25) is 9.20 Å². The van der Waals surface area contributed by atoms with E-state index in [9.17, 15) is 9.59 Å². The normalized spacial score (nSPS) is 10.8. The zero-order chi connectivity index (χ0) is 14.7. The fourth-order valence-corrected chi connectivity index (χ4v) is 1.88. The number of aromatic nitrogens is 1. The summed E-state index contributed by atoms with van der Waals surface area (Å²) in [6.45, 7) is 5.74. The van der Waals surface area contributed by atoms with Crippen LogP contribution in [0.3, 0.4) is 0 Å². The van der Waals surface area contributed by atoms with Crippen molar-refractivity contribution in [3.05, 3.63) is 46.4 Å². The minimum absolute atomic E-state index is 0.0105. The van der Waals surface area contributed by atoms with E-state index in [0.29, 0.717) is 11.3 Å². The molecule has 0 radical (unpaired) electrons. The molecular formula is C15H17NO4. The Labute approximate surface area is 116 Å². The third kappa shape index (κ3) is 2.82. The first-order chi connectivity index (χ1) is 9.52. The topological polar surface area (TPSA) is 57.0 Å². The van der Waals surface area contributed by atoms with Crippen LogP contribution in [-0.4, -0.2) is 23.1 Å². The van der Waals surface area contributed by atoms with Crippen molar-refractivity contribution < 1.29 is 14.3 Å². The Morgan fingerprint density at radius 2 is 1.95 bits per heavy atom. The molecule has 0 fully saturated rings. The van der Waals surface area contributed by atoms with Crippen LogP contribution in [0, 0.1) is 0 Å². The maximum Gasteiger partial charge on any atom is 0.343 e. The van der Waals surface area contributed by atoms with Gasteiger partial charge in [-0.05, 0) is 45.0 Å².